The highest BCUT2D eigenvalue weighted by Crippen LogP contribution is 2.57. The number of nitrogens with two attached hydrogens (primary N) is 3. The van der Waals surface area contributed by atoms with Crippen molar-refractivity contribution in [1.82, 2.24) is 35.9 Å². The largest absolute Gasteiger partial charge is 0.481 e. The van der Waals surface area contributed by atoms with Gasteiger partial charge in [-0.3, -0.25) is 67.5 Å². The van der Waals surface area contributed by atoms with Crippen LogP contribution in [0.4, 0.5) is 11.6 Å². The van der Waals surface area contributed by atoms with Gasteiger partial charge in [-0.05, 0) is 127 Å². The molecule has 1 aromatic carbocycles. The molecule has 6 saturated heterocycles. The number of carbonyl (C=O) groups is 12. The van der Waals surface area contributed by atoms with E-state index in [1.54, 1.807) is 14.0 Å². The number of anilines is 2. The van der Waals surface area contributed by atoms with Crippen molar-refractivity contribution < 1.29 is 131 Å². The average Bonchev–Trinajstić information content (AvgIpc) is 1.56. The van der Waals surface area contributed by atoms with Gasteiger partial charge in [0.1, 0.15) is 18.4 Å². The lowest BCUT2D eigenvalue weighted by Crippen LogP contribution is -2.58. The minimum Gasteiger partial charge on any atom is -0.481 e. The highest BCUT2D eigenvalue weighted by Gasteiger charge is 2.65. The van der Waals surface area contributed by atoms with Crippen LogP contribution in [0.3, 0.4) is 0 Å². The van der Waals surface area contributed by atoms with Crippen molar-refractivity contribution >= 4 is 121 Å². The third kappa shape index (κ3) is 26.8. The summed E-state index contributed by atoms with van der Waals surface area (Å²) in [5.41, 5.74) is 15.4. The van der Waals surface area contributed by atoms with Crippen LogP contribution in [0.15, 0.2) is 40.2 Å². The van der Waals surface area contributed by atoms with Crippen molar-refractivity contribution in [1.29, 1.82) is 0 Å². The molecule has 0 bridgehead atoms. The normalized spacial score (nSPS) is 29.9. The number of carboxylic acids is 5. The third-order valence-corrected chi connectivity index (χ3v) is 28.1. The van der Waals surface area contributed by atoms with Crippen LogP contribution in [-0.4, -0.2) is 261 Å². The van der Waals surface area contributed by atoms with Crippen molar-refractivity contribution in [3.8, 4) is 0 Å². The number of methoxy groups -OCH3 is 1. The number of guanidine groups is 1. The first-order chi connectivity index (χ1) is 59.9. The lowest BCUT2D eigenvalue weighted by atomic mass is 9.78. The van der Waals surface area contributed by atoms with E-state index in [-0.39, 0.29) is 145 Å². The topological polar surface area (TPSA) is 630 Å². The summed E-state index contributed by atoms with van der Waals surface area (Å²) < 4.78 is 53.6. The quantitative estimate of drug-likeness (QED) is 0.0120. The number of benzene rings is 1. The van der Waals surface area contributed by atoms with Gasteiger partial charge in [0.25, 0.3) is 11.5 Å². The van der Waals surface area contributed by atoms with Gasteiger partial charge in [-0.2, -0.15) is 4.98 Å². The van der Waals surface area contributed by atoms with Gasteiger partial charge < -0.3 is 112 Å². The number of esters is 1. The van der Waals surface area contributed by atoms with E-state index >= 15 is 0 Å². The Bertz CT molecular complexity index is 4510. The second-order valence-electron chi connectivity index (χ2n) is 35.5. The van der Waals surface area contributed by atoms with Crippen LogP contribution in [0, 0.1) is 59.2 Å². The Morgan fingerprint density at radius 2 is 1.37 bits per heavy atom. The summed E-state index contributed by atoms with van der Waals surface area (Å²) in [6.45, 7) is 17.7. The molecule has 6 fully saturated rings. The van der Waals surface area contributed by atoms with Gasteiger partial charge in [0, 0.05) is 92.7 Å². The number of Topliss-reactive ketones (excluding diaryl/α,β-unsaturated/α-hetero) is 3. The SMILES string of the molecule is CO[C@@H]1C[C@@H](C[C@H]2CC[C@H](C)C([C@@H](C)C(=O)OCCSSC[C@H](CC(=O)[C@H](CC(=O)O)NC(=O)[C@H](CC(=O)O)CC(=O)[C@H](CCCN=C(N)N)NC(=O)[C@H](CC(=O)O)CC(=O)CC[C@H](NC(=O)c3ccc(NCc4cnc5nc(N)[nH]c(=O)c5n4)cc3)C(=O)O)C(=O)O)O2)O[C@]2(O[C@@](C)(C3CC[C@@](C)([C@@H]4O[C@@H]([C@@H]5O[C@@](O)(CO)[C@H](C)C[C@@H]5C)C[C@@H]4C)O3)C[C@H]2C)[C@@H]1C. The lowest BCUT2D eigenvalue weighted by Gasteiger charge is -2.50. The smallest absolute Gasteiger partial charge is 0.326 e. The number of aliphatic imine (C=N–C) groups is 1. The van der Waals surface area contributed by atoms with Crippen molar-refractivity contribution in [3.63, 3.8) is 0 Å². The number of aromatic nitrogens is 4. The van der Waals surface area contributed by atoms with Crippen LogP contribution in [0.5, 0.6) is 0 Å². The first kappa shape index (κ1) is 102. The minimum absolute atomic E-state index is 0.00560. The van der Waals surface area contributed by atoms with E-state index in [9.17, 15) is 98.1 Å². The van der Waals surface area contributed by atoms with Crippen LogP contribution in [0.25, 0.3) is 11.2 Å². The van der Waals surface area contributed by atoms with Crippen LogP contribution in [0.2, 0.25) is 0 Å². The number of ether oxygens (including phenoxy) is 8. The molecule has 704 valence electrons. The predicted molar refractivity (Wildman–Crippen MR) is 459 cm³/mol. The molecule has 2 unspecified atom stereocenters. The fourth-order valence-electron chi connectivity index (χ4n) is 18.7. The maximum atomic E-state index is 14.3. The zero-order valence-corrected chi connectivity index (χ0v) is 74.9. The summed E-state index contributed by atoms with van der Waals surface area (Å²) in [6.07, 6.45) is -2.58. The van der Waals surface area contributed by atoms with Gasteiger partial charge >= 0.3 is 35.8 Å². The number of hydrogen-bond acceptors (Lipinski definition) is 31. The molecule has 6 aliphatic rings. The summed E-state index contributed by atoms with van der Waals surface area (Å²) in [4.78, 5) is 189. The molecule has 40 nitrogen and oxygen atoms in total. The fraction of sp³-hybridized carbons (Fsp3) is 0.706. The number of nitrogens with one attached hydrogen (secondary N) is 5. The van der Waals surface area contributed by atoms with Gasteiger partial charge in [-0.1, -0.05) is 63.1 Å². The second-order valence-corrected chi connectivity index (χ2v) is 38.1. The number of amides is 3. The highest BCUT2D eigenvalue weighted by atomic mass is 33.1. The van der Waals surface area contributed by atoms with E-state index < -0.39 is 211 Å². The van der Waals surface area contributed by atoms with Gasteiger partial charge in [0.05, 0.1) is 140 Å². The van der Waals surface area contributed by atoms with Crippen LogP contribution < -0.4 is 44.0 Å². The number of aliphatic hydroxyl groups excluding tert-OH is 1. The molecule has 0 saturated carbocycles. The summed E-state index contributed by atoms with van der Waals surface area (Å²) >= 11 is 0. The number of carbonyl (C=O) groups excluding carboxylic acids is 7. The second kappa shape index (κ2) is 44.9. The van der Waals surface area contributed by atoms with Crippen molar-refractivity contribution in [3.05, 3.63) is 52.1 Å². The van der Waals surface area contributed by atoms with Gasteiger partial charge in [0.2, 0.25) is 17.8 Å². The van der Waals surface area contributed by atoms with Crippen LogP contribution in [-0.2, 0) is 97.2 Å². The number of nitrogens with zero attached hydrogens (tertiary/aromatic N) is 4. The molecule has 42 heteroatoms. The Balaban J connectivity index is 0.729. The molecule has 0 radical (unpaired) electrons. The number of aliphatic carboxylic acids is 5. The molecule has 3 amide bonds. The van der Waals surface area contributed by atoms with E-state index in [0.717, 1.165) is 47.3 Å². The molecule has 8 heterocycles. The molecule has 1 spiro atoms. The Hall–Kier alpha value is -9.11. The maximum Gasteiger partial charge on any atom is 0.326 e. The molecular weight excluding hydrogens is 1700 g/mol. The zero-order valence-electron chi connectivity index (χ0n) is 73.2. The Labute approximate surface area is 742 Å². The zero-order chi connectivity index (χ0) is 93.3. The molecule has 127 heavy (non-hydrogen) atoms. The third-order valence-electron chi connectivity index (χ3n) is 25.6. The molecule has 3 aromatic rings. The van der Waals surface area contributed by atoms with E-state index in [4.69, 9.17) is 55.1 Å². The van der Waals surface area contributed by atoms with Crippen LogP contribution >= 0.6 is 21.6 Å². The van der Waals surface area contributed by atoms with Crippen molar-refractivity contribution in [2.24, 2.45) is 75.6 Å². The number of rotatable bonds is 47. The van der Waals surface area contributed by atoms with E-state index in [1.165, 1.54) is 30.5 Å². The Morgan fingerprint density at radius 1 is 0.709 bits per heavy atom. The molecule has 0 aliphatic carbocycles. The molecule has 6 aliphatic heterocycles. The number of fused-ring (bicyclic) bond motifs is 1. The summed E-state index contributed by atoms with van der Waals surface area (Å²) in [5.74, 6) is -24.0. The first-order valence-electron chi connectivity index (χ1n) is 43.2. The van der Waals surface area contributed by atoms with Crippen LogP contribution in [0.1, 0.15) is 200 Å². The minimum atomic E-state index is -1.96. The maximum absolute atomic E-state index is 14.3. The summed E-state index contributed by atoms with van der Waals surface area (Å²) in [7, 11) is 3.84. The van der Waals surface area contributed by atoms with Gasteiger partial charge in [-0.25, -0.2) is 14.8 Å². The van der Waals surface area contributed by atoms with Crippen molar-refractivity contribution in [2.75, 3.05) is 49.4 Å². The van der Waals surface area contributed by atoms with Gasteiger partial charge in [-0.15, -0.1) is 0 Å². The lowest BCUT2D eigenvalue weighted by molar-refractivity contribution is -0.353. The standard InChI is InChI=1S/C85H124N12O28S2/c1-41-13-19-55(33-56-34-62(118-10)47(7)85(122-56)45(5)36-83(9,125-85)64-21-22-82(8,123-64)71-43(3)27-63(121-71)70-42(2)26-44(4)84(117,40-98)124-70)120-69(41)46(6)79(116)119-24-25-126-127-39-51(77(112)113)30-61(101)59(35-67(106)107)95-75(110)50(32-66(104)105)29-60(100)57(12-11-23-89-80(86)87)93-74(109)49(31-65(102)103)28-54(99)18-20-58(78(114)115)94-73(108)48-14-16-52(17-15-48)90-37-53-38-91-72-68(92-53)76(111)97-81(88)96-72/h14-17,38,41-47,49-51,55-59,62-64,69-71,90,98,117H,11-13,18-37,39-40H2,1-10H3,(H,93,109)(H,94,108)(H,95,110)(H,102,103)(H,104,105)(H,106,107)(H,112,113)(H,114,115)(H4,86,87,89)(H3,88,91,96,97,111)/t41-,42-,43-,44+,45+,46+,47+,49-,50-,51-,55+,56+,57-,58-,59-,62+,63+,64?,69?,70+,71+,82-,83+,84-,85+/m0/s1. The van der Waals surface area contributed by atoms with Gasteiger partial charge in [0.15, 0.2) is 40.3 Å². The Morgan fingerprint density at radius 3 is 2.02 bits per heavy atom. The number of aliphatic hydroxyl groups is 2. The number of H-pyrrole nitrogens is 1. The molecule has 25 atom stereocenters. The number of hydrogen-bond donors (Lipinski definition) is 15. The number of nitrogen functional groups attached to an aromatic ring is 1. The number of ketones is 3. The molecule has 2 aromatic heterocycles. The molecule has 9 rings (SSSR count). The first-order valence-corrected chi connectivity index (χ1v) is 45.7. The van der Waals surface area contributed by atoms with E-state index in [1.807, 2.05) is 13.8 Å². The summed E-state index contributed by atoms with van der Waals surface area (Å²) in [5, 5.41) is 81.3. The number of carboxylic acid groups (broad SMARTS) is 5. The Kier molecular flexibility index (Phi) is 36.0. The predicted octanol–water partition coefficient (Wildman–Crippen LogP) is 4.69. The highest BCUT2D eigenvalue weighted by molar-refractivity contribution is 8.76. The van der Waals surface area contributed by atoms with E-state index in [0.29, 0.717) is 43.5 Å². The van der Waals surface area contributed by atoms with E-state index in [2.05, 4.69) is 87.7 Å². The molecule has 18 N–H and O–H groups in total. The average molecular weight is 1830 g/mol. The number of aromatic amines is 1. The summed E-state index contributed by atoms with van der Waals surface area (Å²) in [6, 6.07) is 0.411. The monoisotopic (exact) mass is 1820 g/mol. The molecular formula is C85H124N12O28S2. The fourth-order valence-corrected chi connectivity index (χ4v) is 20.8. The van der Waals surface area contributed by atoms with Crippen molar-refractivity contribution in [2.45, 2.75) is 281 Å².